The van der Waals surface area contributed by atoms with Crippen LogP contribution in [0.4, 0.5) is 0 Å². The Hall–Kier alpha value is -0.630. The Morgan fingerprint density at radius 2 is 2.10 bits per heavy atom. The summed E-state index contributed by atoms with van der Waals surface area (Å²) in [7, 11) is 1.57. The van der Waals surface area contributed by atoms with Crippen molar-refractivity contribution in [2.75, 3.05) is 7.11 Å². The normalized spacial score (nSPS) is 14.3. The zero-order valence-corrected chi connectivity index (χ0v) is 6.76. The van der Waals surface area contributed by atoms with Gasteiger partial charge in [-0.1, -0.05) is 19.9 Å². The van der Waals surface area contributed by atoms with E-state index in [0.29, 0.717) is 0 Å². The number of carbonyl (C=O) groups excluding carboxylic acids is 1. The second kappa shape index (κ2) is 3.52. The molecule has 0 aromatic carbocycles. The molecule has 0 radical (unpaired) electrons. The van der Waals surface area contributed by atoms with Crippen LogP contribution in [0.25, 0.3) is 0 Å². The van der Waals surface area contributed by atoms with Crippen LogP contribution in [0.2, 0.25) is 0 Å². The number of hydrogen-bond acceptors (Lipinski definition) is 2. The van der Waals surface area contributed by atoms with E-state index in [4.69, 9.17) is 4.74 Å². The van der Waals surface area contributed by atoms with Crippen molar-refractivity contribution in [3.05, 3.63) is 12.7 Å². The van der Waals surface area contributed by atoms with Crippen molar-refractivity contribution in [1.82, 2.24) is 0 Å². The molecule has 0 aromatic rings. The van der Waals surface area contributed by atoms with Gasteiger partial charge in [-0.3, -0.25) is 0 Å². The lowest BCUT2D eigenvalue weighted by molar-refractivity contribution is -0.119. The van der Waals surface area contributed by atoms with E-state index in [2.05, 4.69) is 6.58 Å². The van der Waals surface area contributed by atoms with Crippen LogP contribution in [0.15, 0.2) is 12.7 Å². The van der Waals surface area contributed by atoms with E-state index in [1.54, 1.807) is 13.2 Å². The lowest BCUT2D eigenvalue weighted by Crippen LogP contribution is -2.30. The molecule has 0 aliphatic heterocycles. The molecule has 58 valence electrons. The molecule has 0 aliphatic rings. The lowest BCUT2D eigenvalue weighted by atomic mass is 9.88. The largest absolute Gasteiger partial charge is 0.376 e. The van der Waals surface area contributed by atoms with E-state index in [1.165, 1.54) is 0 Å². The second-order valence-electron chi connectivity index (χ2n) is 2.83. The summed E-state index contributed by atoms with van der Waals surface area (Å²) in [5.41, 5.74) is -0.462. The highest BCUT2D eigenvalue weighted by molar-refractivity contribution is 5.59. The Labute approximate surface area is 61.9 Å². The maximum atomic E-state index is 10.5. The minimum atomic E-state index is -0.462. The SMILES string of the molecule is C=CC(OC)C(C)(C)C=O. The minimum absolute atomic E-state index is 0.190. The molecule has 0 spiro atoms. The number of hydrogen-bond donors (Lipinski definition) is 0. The predicted molar refractivity (Wildman–Crippen MR) is 40.8 cm³/mol. The summed E-state index contributed by atoms with van der Waals surface area (Å²) >= 11 is 0. The fourth-order valence-electron chi connectivity index (χ4n) is 0.771. The van der Waals surface area contributed by atoms with Gasteiger partial charge in [0.05, 0.1) is 11.5 Å². The summed E-state index contributed by atoms with van der Waals surface area (Å²) in [6.45, 7) is 7.19. The molecule has 0 aliphatic carbocycles. The van der Waals surface area contributed by atoms with E-state index < -0.39 is 5.41 Å². The first kappa shape index (κ1) is 9.37. The molecular formula is C8H14O2. The van der Waals surface area contributed by atoms with Crippen LogP contribution in [0.3, 0.4) is 0 Å². The zero-order valence-electron chi connectivity index (χ0n) is 6.76. The Morgan fingerprint density at radius 1 is 1.60 bits per heavy atom. The van der Waals surface area contributed by atoms with Gasteiger partial charge in [0.2, 0.25) is 0 Å². The predicted octanol–water partition coefficient (Wildman–Crippen LogP) is 1.41. The van der Waals surface area contributed by atoms with Gasteiger partial charge in [0, 0.05) is 7.11 Å². The highest BCUT2D eigenvalue weighted by Gasteiger charge is 2.26. The van der Waals surface area contributed by atoms with E-state index in [-0.39, 0.29) is 6.10 Å². The van der Waals surface area contributed by atoms with E-state index >= 15 is 0 Å². The van der Waals surface area contributed by atoms with Gasteiger partial charge in [0.15, 0.2) is 0 Å². The molecule has 0 heterocycles. The van der Waals surface area contributed by atoms with Crippen LogP contribution >= 0.6 is 0 Å². The Morgan fingerprint density at radius 3 is 2.20 bits per heavy atom. The average Bonchev–Trinajstić information content (AvgIpc) is 1.90. The Kier molecular flexibility index (Phi) is 3.30. The van der Waals surface area contributed by atoms with Crippen molar-refractivity contribution in [2.45, 2.75) is 20.0 Å². The van der Waals surface area contributed by atoms with Gasteiger partial charge in [-0.05, 0) is 0 Å². The highest BCUT2D eigenvalue weighted by atomic mass is 16.5. The molecular weight excluding hydrogens is 128 g/mol. The number of methoxy groups -OCH3 is 1. The van der Waals surface area contributed by atoms with Crippen LogP contribution in [-0.2, 0) is 9.53 Å². The first-order valence-electron chi connectivity index (χ1n) is 3.20. The molecule has 0 bridgehead atoms. The van der Waals surface area contributed by atoms with Gasteiger partial charge in [-0.25, -0.2) is 0 Å². The van der Waals surface area contributed by atoms with Gasteiger partial charge in [-0.2, -0.15) is 0 Å². The quantitative estimate of drug-likeness (QED) is 0.438. The van der Waals surface area contributed by atoms with Crippen molar-refractivity contribution in [1.29, 1.82) is 0 Å². The van der Waals surface area contributed by atoms with Gasteiger partial charge >= 0.3 is 0 Å². The molecule has 2 nitrogen and oxygen atoms in total. The number of ether oxygens (including phenoxy) is 1. The van der Waals surface area contributed by atoms with Crippen LogP contribution in [-0.4, -0.2) is 19.5 Å². The van der Waals surface area contributed by atoms with Crippen molar-refractivity contribution in [3.63, 3.8) is 0 Å². The van der Waals surface area contributed by atoms with Crippen molar-refractivity contribution < 1.29 is 9.53 Å². The maximum absolute atomic E-state index is 10.5. The topological polar surface area (TPSA) is 26.3 Å². The Bertz CT molecular complexity index is 127. The third-order valence-electron chi connectivity index (χ3n) is 1.51. The summed E-state index contributed by atoms with van der Waals surface area (Å²) in [5, 5.41) is 0. The molecule has 0 saturated carbocycles. The molecule has 0 rings (SSSR count). The van der Waals surface area contributed by atoms with Gasteiger partial charge < -0.3 is 9.53 Å². The van der Waals surface area contributed by atoms with E-state index in [0.717, 1.165) is 6.29 Å². The van der Waals surface area contributed by atoms with Gasteiger partial charge in [0.25, 0.3) is 0 Å². The smallest absolute Gasteiger partial charge is 0.128 e. The minimum Gasteiger partial charge on any atom is -0.376 e. The fourth-order valence-corrected chi connectivity index (χ4v) is 0.771. The van der Waals surface area contributed by atoms with Crippen molar-refractivity contribution in [2.24, 2.45) is 5.41 Å². The summed E-state index contributed by atoms with van der Waals surface area (Å²) in [4.78, 5) is 10.5. The lowest BCUT2D eigenvalue weighted by Gasteiger charge is -2.24. The summed E-state index contributed by atoms with van der Waals surface area (Å²) in [6, 6.07) is 0. The molecule has 0 fully saturated rings. The van der Waals surface area contributed by atoms with Crippen LogP contribution in [0, 0.1) is 5.41 Å². The monoisotopic (exact) mass is 142 g/mol. The maximum Gasteiger partial charge on any atom is 0.128 e. The van der Waals surface area contributed by atoms with Crippen molar-refractivity contribution >= 4 is 6.29 Å². The first-order valence-corrected chi connectivity index (χ1v) is 3.20. The molecule has 0 aromatic heterocycles. The summed E-state index contributed by atoms with van der Waals surface area (Å²) in [5.74, 6) is 0. The Balaban J connectivity index is 4.24. The molecule has 1 unspecified atom stereocenters. The molecule has 2 heteroatoms. The van der Waals surface area contributed by atoms with Gasteiger partial charge in [0.1, 0.15) is 6.29 Å². The second-order valence-corrected chi connectivity index (χ2v) is 2.83. The molecule has 0 saturated heterocycles. The van der Waals surface area contributed by atoms with Crippen LogP contribution < -0.4 is 0 Å². The van der Waals surface area contributed by atoms with E-state index in [9.17, 15) is 4.79 Å². The fraction of sp³-hybridized carbons (Fsp3) is 0.625. The highest BCUT2D eigenvalue weighted by Crippen LogP contribution is 2.20. The zero-order chi connectivity index (χ0) is 8.20. The average molecular weight is 142 g/mol. The standard InChI is InChI=1S/C8H14O2/c1-5-7(10-4)8(2,3)6-9/h5-7H,1H2,2-4H3. The van der Waals surface area contributed by atoms with Crippen LogP contribution in [0.5, 0.6) is 0 Å². The molecule has 0 N–H and O–H groups in total. The number of rotatable bonds is 4. The van der Waals surface area contributed by atoms with Crippen molar-refractivity contribution in [3.8, 4) is 0 Å². The third-order valence-corrected chi connectivity index (χ3v) is 1.51. The molecule has 1 atom stereocenters. The van der Waals surface area contributed by atoms with Gasteiger partial charge in [-0.15, -0.1) is 6.58 Å². The first-order chi connectivity index (χ1) is 4.58. The third kappa shape index (κ3) is 1.95. The molecule has 0 amide bonds. The number of aldehydes is 1. The van der Waals surface area contributed by atoms with Crippen LogP contribution in [0.1, 0.15) is 13.8 Å². The van der Waals surface area contributed by atoms with E-state index in [1.807, 2.05) is 13.8 Å². The molecule has 10 heavy (non-hydrogen) atoms. The summed E-state index contributed by atoms with van der Waals surface area (Å²) < 4.78 is 5.01. The number of carbonyl (C=O) groups is 1. The summed E-state index contributed by atoms with van der Waals surface area (Å²) in [6.07, 6.45) is 2.32.